The van der Waals surface area contributed by atoms with E-state index in [2.05, 4.69) is 5.32 Å². The Labute approximate surface area is 125 Å². The fourth-order valence-electron chi connectivity index (χ4n) is 2.41. The Hall–Kier alpha value is -1.88. The molecule has 2 rings (SSSR count). The monoisotopic (exact) mass is 289 g/mol. The zero-order valence-corrected chi connectivity index (χ0v) is 12.5. The summed E-state index contributed by atoms with van der Waals surface area (Å²) in [6.45, 7) is 3.30. The van der Waals surface area contributed by atoms with Crippen molar-refractivity contribution >= 4 is 17.5 Å². The summed E-state index contributed by atoms with van der Waals surface area (Å²) in [5.74, 6) is -0.163. The molecule has 5 heteroatoms. The predicted molar refractivity (Wildman–Crippen MR) is 83.1 cm³/mol. The highest BCUT2D eigenvalue weighted by Gasteiger charge is 2.17. The van der Waals surface area contributed by atoms with E-state index < -0.39 is 6.04 Å². The van der Waals surface area contributed by atoms with Crippen LogP contribution >= 0.6 is 0 Å². The lowest BCUT2D eigenvalue weighted by Crippen LogP contribution is -2.33. The molecule has 0 bridgehead atoms. The first-order valence-corrected chi connectivity index (χ1v) is 7.54. The van der Waals surface area contributed by atoms with Gasteiger partial charge in [-0.2, -0.15) is 0 Å². The number of nitrogens with one attached hydrogen (secondary N) is 1. The third-order valence-electron chi connectivity index (χ3n) is 3.71. The zero-order chi connectivity index (χ0) is 15.2. The SMILES string of the molecule is C[C@H](N)C(=O)Nc1ccc(C(=O)N2CCCCCC2)cc1. The van der Waals surface area contributed by atoms with E-state index in [9.17, 15) is 9.59 Å². The first-order valence-electron chi connectivity index (χ1n) is 7.54. The van der Waals surface area contributed by atoms with Gasteiger partial charge in [-0.3, -0.25) is 9.59 Å². The number of hydrogen-bond acceptors (Lipinski definition) is 3. The molecule has 1 heterocycles. The number of nitrogens with zero attached hydrogens (tertiary/aromatic N) is 1. The van der Waals surface area contributed by atoms with Crippen molar-refractivity contribution in [3.05, 3.63) is 29.8 Å². The van der Waals surface area contributed by atoms with Crippen LogP contribution in [0.3, 0.4) is 0 Å². The third-order valence-corrected chi connectivity index (χ3v) is 3.71. The molecule has 1 aromatic carbocycles. The van der Waals surface area contributed by atoms with E-state index in [1.165, 1.54) is 12.8 Å². The fraction of sp³-hybridized carbons (Fsp3) is 0.500. The number of anilines is 1. The van der Waals surface area contributed by atoms with Crippen molar-refractivity contribution in [1.29, 1.82) is 0 Å². The minimum atomic E-state index is -0.552. The molecular weight excluding hydrogens is 266 g/mol. The van der Waals surface area contributed by atoms with E-state index in [-0.39, 0.29) is 11.8 Å². The average molecular weight is 289 g/mol. The molecule has 0 radical (unpaired) electrons. The van der Waals surface area contributed by atoms with Crippen LogP contribution in [0.5, 0.6) is 0 Å². The van der Waals surface area contributed by atoms with Gasteiger partial charge in [-0.1, -0.05) is 12.8 Å². The molecule has 5 nitrogen and oxygen atoms in total. The Morgan fingerprint density at radius 2 is 1.67 bits per heavy atom. The summed E-state index contributed by atoms with van der Waals surface area (Å²) in [6.07, 6.45) is 4.56. The van der Waals surface area contributed by atoms with E-state index in [1.54, 1.807) is 31.2 Å². The topological polar surface area (TPSA) is 75.4 Å². The molecule has 1 aliphatic heterocycles. The van der Waals surface area contributed by atoms with Gasteiger partial charge in [0.15, 0.2) is 0 Å². The highest BCUT2D eigenvalue weighted by molar-refractivity contribution is 5.97. The van der Waals surface area contributed by atoms with Gasteiger partial charge >= 0.3 is 0 Å². The second-order valence-electron chi connectivity index (χ2n) is 5.56. The largest absolute Gasteiger partial charge is 0.339 e. The van der Waals surface area contributed by atoms with Crippen molar-refractivity contribution in [2.45, 2.75) is 38.6 Å². The molecule has 1 aliphatic rings. The van der Waals surface area contributed by atoms with Crippen molar-refractivity contribution in [1.82, 2.24) is 4.90 Å². The number of hydrogen-bond donors (Lipinski definition) is 2. The quantitative estimate of drug-likeness (QED) is 0.893. The third kappa shape index (κ3) is 4.29. The summed E-state index contributed by atoms with van der Waals surface area (Å²) in [7, 11) is 0. The standard InChI is InChI=1S/C16H23N3O2/c1-12(17)15(20)18-14-8-6-13(7-9-14)16(21)19-10-4-2-3-5-11-19/h6-9,12H,2-5,10-11,17H2,1H3,(H,18,20)/t12-/m0/s1. The molecule has 0 saturated carbocycles. The van der Waals surface area contributed by atoms with Gasteiger partial charge in [-0.25, -0.2) is 0 Å². The van der Waals surface area contributed by atoms with Crippen LogP contribution < -0.4 is 11.1 Å². The zero-order valence-electron chi connectivity index (χ0n) is 12.5. The molecule has 114 valence electrons. The first-order chi connectivity index (χ1) is 10.1. The summed E-state index contributed by atoms with van der Waals surface area (Å²) < 4.78 is 0. The Kier molecular flexibility index (Phi) is 5.33. The van der Waals surface area contributed by atoms with Gasteiger partial charge < -0.3 is 16.0 Å². The highest BCUT2D eigenvalue weighted by Crippen LogP contribution is 2.15. The predicted octanol–water partition coefficient (Wildman–Crippen LogP) is 1.99. The van der Waals surface area contributed by atoms with E-state index in [1.807, 2.05) is 4.90 Å². The van der Waals surface area contributed by atoms with Crippen LogP contribution in [0.15, 0.2) is 24.3 Å². The van der Waals surface area contributed by atoms with Gasteiger partial charge in [0.25, 0.3) is 5.91 Å². The van der Waals surface area contributed by atoms with Crippen molar-refractivity contribution in [3.8, 4) is 0 Å². The maximum absolute atomic E-state index is 12.4. The van der Waals surface area contributed by atoms with Crippen molar-refractivity contribution in [3.63, 3.8) is 0 Å². The molecule has 1 aromatic rings. The Balaban J connectivity index is 2.00. The lowest BCUT2D eigenvalue weighted by Gasteiger charge is -2.20. The molecular formula is C16H23N3O2. The maximum atomic E-state index is 12.4. The number of carbonyl (C=O) groups excluding carboxylic acids is 2. The maximum Gasteiger partial charge on any atom is 0.253 e. The van der Waals surface area contributed by atoms with Crippen LogP contribution in [0, 0.1) is 0 Å². The van der Waals surface area contributed by atoms with Crippen LogP contribution in [0.25, 0.3) is 0 Å². The van der Waals surface area contributed by atoms with Gasteiger partial charge in [-0.15, -0.1) is 0 Å². The van der Waals surface area contributed by atoms with Gasteiger partial charge in [0.2, 0.25) is 5.91 Å². The molecule has 0 unspecified atom stereocenters. The number of nitrogens with two attached hydrogens (primary N) is 1. The summed E-state index contributed by atoms with van der Waals surface area (Å²) in [6, 6.07) is 6.44. The average Bonchev–Trinajstić information content (AvgIpc) is 2.76. The molecule has 21 heavy (non-hydrogen) atoms. The molecule has 1 atom stereocenters. The van der Waals surface area contributed by atoms with Gasteiger partial charge in [-0.05, 0) is 44.0 Å². The minimum absolute atomic E-state index is 0.0713. The minimum Gasteiger partial charge on any atom is -0.339 e. The van der Waals surface area contributed by atoms with Gasteiger partial charge in [0.1, 0.15) is 0 Å². The summed E-state index contributed by atoms with van der Waals surface area (Å²) in [4.78, 5) is 25.8. The molecule has 3 N–H and O–H groups in total. The van der Waals surface area contributed by atoms with Crippen LogP contribution in [0.1, 0.15) is 43.0 Å². The smallest absolute Gasteiger partial charge is 0.253 e. The van der Waals surface area contributed by atoms with Crippen molar-refractivity contribution in [2.75, 3.05) is 18.4 Å². The van der Waals surface area contributed by atoms with E-state index in [4.69, 9.17) is 5.73 Å². The first kappa shape index (κ1) is 15.5. The van der Waals surface area contributed by atoms with Gasteiger partial charge in [0, 0.05) is 24.3 Å². The number of carbonyl (C=O) groups is 2. The van der Waals surface area contributed by atoms with E-state index in [0.717, 1.165) is 25.9 Å². The molecule has 0 aromatic heterocycles. The van der Waals surface area contributed by atoms with Crippen LogP contribution in [-0.2, 0) is 4.79 Å². The number of amides is 2. The fourth-order valence-corrected chi connectivity index (χ4v) is 2.41. The summed E-state index contributed by atoms with van der Waals surface area (Å²) in [5.41, 5.74) is 6.82. The molecule has 0 aliphatic carbocycles. The van der Waals surface area contributed by atoms with E-state index in [0.29, 0.717) is 11.3 Å². The van der Waals surface area contributed by atoms with E-state index >= 15 is 0 Å². The molecule has 0 spiro atoms. The Bertz CT molecular complexity index is 489. The second-order valence-corrected chi connectivity index (χ2v) is 5.56. The number of likely N-dealkylation sites (tertiary alicyclic amines) is 1. The number of benzene rings is 1. The van der Waals surface area contributed by atoms with Crippen LogP contribution in [0.2, 0.25) is 0 Å². The molecule has 2 amide bonds. The second kappa shape index (κ2) is 7.22. The van der Waals surface area contributed by atoms with Crippen LogP contribution in [-0.4, -0.2) is 35.8 Å². The molecule has 1 saturated heterocycles. The lowest BCUT2D eigenvalue weighted by atomic mass is 10.1. The summed E-state index contributed by atoms with van der Waals surface area (Å²) >= 11 is 0. The lowest BCUT2D eigenvalue weighted by molar-refractivity contribution is -0.117. The van der Waals surface area contributed by atoms with Crippen molar-refractivity contribution < 1.29 is 9.59 Å². The number of rotatable bonds is 3. The Morgan fingerprint density at radius 3 is 2.19 bits per heavy atom. The highest BCUT2D eigenvalue weighted by atomic mass is 16.2. The molecule has 1 fully saturated rings. The van der Waals surface area contributed by atoms with Gasteiger partial charge in [0.05, 0.1) is 6.04 Å². The summed E-state index contributed by atoms with van der Waals surface area (Å²) in [5, 5.41) is 2.71. The van der Waals surface area contributed by atoms with Crippen LogP contribution in [0.4, 0.5) is 5.69 Å². The normalized spacial score (nSPS) is 17.0. The Morgan fingerprint density at radius 1 is 1.10 bits per heavy atom. The van der Waals surface area contributed by atoms with Crippen molar-refractivity contribution in [2.24, 2.45) is 5.73 Å².